The molecule has 9 heteroatoms. The summed E-state index contributed by atoms with van der Waals surface area (Å²) in [7, 11) is -2.45. The summed E-state index contributed by atoms with van der Waals surface area (Å²) in [6.45, 7) is 1.40. The second-order valence-electron chi connectivity index (χ2n) is 6.69. The number of hydrogen-bond donors (Lipinski definition) is 2. The highest BCUT2D eigenvalue weighted by atomic mass is 35.5. The van der Waals surface area contributed by atoms with E-state index in [4.69, 9.17) is 11.6 Å². The van der Waals surface area contributed by atoms with Crippen LogP contribution in [0.5, 0.6) is 0 Å². The molecule has 3 aromatic carbocycles. The molecule has 3 aromatic rings. The van der Waals surface area contributed by atoms with Crippen molar-refractivity contribution in [2.45, 2.75) is 11.8 Å². The average molecular weight is 458 g/mol. The lowest BCUT2D eigenvalue weighted by atomic mass is 10.2. The minimum Gasteiger partial charge on any atom is -0.326 e. The van der Waals surface area contributed by atoms with Gasteiger partial charge in [-0.2, -0.15) is 0 Å². The van der Waals surface area contributed by atoms with Gasteiger partial charge in [0.05, 0.1) is 10.6 Å². The minimum atomic E-state index is -3.88. The van der Waals surface area contributed by atoms with E-state index in [2.05, 4.69) is 10.6 Å². The van der Waals surface area contributed by atoms with Gasteiger partial charge in [0.25, 0.3) is 15.9 Å². The number of carbonyl (C=O) groups is 2. The van der Waals surface area contributed by atoms with Gasteiger partial charge in [0.2, 0.25) is 5.91 Å². The van der Waals surface area contributed by atoms with Gasteiger partial charge in [-0.1, -0.05) is 17.7 Å². The maximum Gasteiger partial charge on any atom is 0.264 e. The van der Waals surface area contributed by atoms with Gasteiger partial charge in [-0.25, -0.2) is 8.42 Å². The van der Waals surface area contributed by atoms with Crippen molar-refractivity contribution in [2.24, 2.45) is 0 Å². The number of nitrogens with one attached hydrogen (secondary N) is 2. The van der Waals surface area contributed by atoms with E-state index in [0.29, 0.717) is 22.1 Å². The minimum absolute atomic E-state index is 0.0152. The van der Waals surface area contributed by atoms with Gasteiger partial charge in [-0.3, -0.25) is 13.9 Å². The van der Waals surface area contributed by atoms with Gasteiger partial charge in [-0.05, 0) is 66.7 Å². The number of sulfonamides is 1. The van der Waals surface area contributed by atoms with Crippen molar-refractivity contribution in [1.29, 1.82) is 0 Å². The summed E-state index contributed by atoms with van der Waals surface area (Å²) >= 11 is 5.87. The molecule has 0 aliphatic carbocycles. The Labute approximate surface area is 185 Å². The zero-order valence-corrected chi connectivity index (χ0v) is 18.4. The lowest BCUT2D eigenvalue weighted by molar-refractivity contribution is -0.114. The quantitative estimate of drug-likeness (QED) is 0.574. The van der Waals surface area contributed by atoms with Crippen LogP contribution in [0.3, 0.4) is 0 Å². The standard InChI is InChI=1S/C22H20ClN3O4S/c1-15(27)24-18-8-10-19(11-9-18)25-22(28)16-4-3-5-21(14-16)31(29,30)26(2)20-12-6-17(23)7-13-20/h3-14H,1-2H3,(H,24,27)(H,25,28). The van der Waals surface area contributed by atoms with Crippen molar-refractivity contribution in [1.82, 2.24) is 0 Å². The van der Waals surface area contributed by atoms with E-state index in [9.17, 15) is 18.0 Å². The molecule has 3 rings (SSSR count). The molecule has 2 N–H and O–H groups in total. The normalized spacial score (nSPS) is 10.9. The van der Waals surface area contributed by atoms with Gasteiger partial charge >= 0.3 is 0 Å². The molecule has 0 aliphatic rings. The maximum atomic E-state index is 13.0. The second-order valence-corrected chi connectivity index (χ2v) is 9.10. The molecule has 31 heavy (non-hydrogen) atoms. The number of benzene rings is 3. The first-order valence-corrected chi connectivity index (χ1v) is 11.0. The van der Waals surface area contributed by atoms with Crippen LogP contribution in [-0.2, 0) is 14.8 Å². The average Bonchev–Trinajstić information content (AvgIpc) is 2.75. The third-order valence-corrected chi connectivity index (χ3v) is 6.44. The summed E-state index contributed by atoms with van der Waals surface area (Å²) in [4.78, 5) is 23.7. The van der Waals surface area contributed by atoms with Crippen LogP contribution < -0.4 is 14.9 Å². The molecule has 0 saturated heterocycles. The summed E-state index contributed by atoms with van der Waals surface area (Å²) in [5.74, 6) is -0.656. The number of amides is 2. The number of nitrogens with zero attached hydrogens (tertiary/aromatic N) is 1. The Bertz CT molecular complexity index is 1210. The molecule has 0 bridgehead atoms. The fourth-order valence-electron chi connectivity index (χ4n) is 2.79. The van der Waals surface area contributed by atoms with Crippen LogP contribution in [0.25, 0.3) is 0 Å². The van der Waals surface area contributed by atoms with Gasteiger partial charge in [0.1, 0.15) is 0 Å². The highest BCUT2D eigenvalue weighted by Gasteiger charge is 2.22. The van der Waals surface area contributed by atoms with Crippen molar-refractivity contribution in [3.8, 4) is 0 Å². The second kappa shape index (κ2) is 9.20. The third kappa shape index (κ3) is 5.42. The summed E-state index contributed by atoms with van der Waals surface area (Å²) in [5.41, 5.74) is 1.74. The van der Waals surface area contributed by atoms with Crippen molar-refractivity contribution >= 4 is 50.5 Å². The SMILES string of the molecule is CC(=O)Nc1ccc(NC(=O)c2cccc(S(=O)(=O)N(C)c3ccc(Cl)cc3)c2)cc1. The number of anilines is 3. The van der Waals surface area contributed by atoms with Crippen LogP contribution in [-0.4, -0.2) is 27.3 Å². The summed E-state index contributed by atoms with van der Waals surface area (Å²) in [6.07, 6.45) is 0. The van der Waals surface area contributed by atoms with E-state index in [0.717, 1.165) is 4.31 Å². The highest BCUT2D eigenvalue weighted by Crippen LogP contribution is 2.24. The van der Waals surface area contributed by atoms with Crippen LogP contribution >= 0.6 is 11.6 Å². The molecule has 0 aromatic heterocycles. The molecule has 0 aliphatic heterocycles. The number of carbonyl (C=O) groups excluding carboxylic acids is 2. The molecule has 0 atom stereocenters. The zero-order chi connectivity index (χ0) is 22.6. The fraction of sp³-hybridized carbons (Fsp3) is 0.0909. The van der Waals surface area contributed by atoms with Crippen molar-refractivity contribution in [3.05, 3.63) is 83.4 Å². The largest absolute Gasteiger partial charge is 0.326 e. The molecule has 0 saturated carbocycles. The lowest BCUT2D eigenvalue weighted by Crippen LogP contribution is -2.26. The lowest BCUT2D eigenvalue weighted by Gasteiger charge is -2.20. The Kier molecular flexibility index (Phi) is 6.62. The summed E-state index contributed by atoms with van der Waals surface area (Å²) in [5, 5.41) is 5.85. The molecule has 2 amide bonds. The molecule has 0 unspecified atom stereocenters. The van der Waals surface area contributed by atoms with E-state index >= 15 is 0 Å². The van der Waals surface area contributed by atoms with Crippen LogP contribution in [0.1, 0.15) is 17.3 Å². The molecule has 0 heterocycles. The van der Waals surface area contributed by atoms with Gasteiger partial charge < -0.3 is 10.6 Å². The van der Waals surface area contributed by atoms with Crippen molar-refractivity contribution < 1.29 is 18.0 Å². The number of halogens is 1. The predicted octanol–water partition coefficient (Wildman–Crippen LogP) is 4.38. The molecule has 7 nitrogen and oxygen atoms in total. The first kappa shape index (κ1) is 22.3. The van der Waals surface area contributed by atoms with Crippen LogP contribution in [0.15, 0.2) is 77.7 Å². The van der Waals surface area contributed by atoms with E-state index in [1.54, 1.807) is 48.5 Å². The number of rotatable bonds is 6. The summed E-state index contributed by atoms with van der Waals surface area (Å²) in [6, 6.07) is 18.8. The fourth-order valence-corrected chi connectivity index (χ4v) is 4.16. The van der Waals surface area contributed by atoms with Crippen molar-refractivity contribution in [3.63, 3.8) is 0 Å². The monoisotopic (exact) mass is 457 g/mol. The van der Waals surface area contributed by atoms with Gasteiger partial charge in [0, 0.05) is 35.9 Å². The van der Waals surface area contributed by atoms with E-state index in [1.165, 1.54) is 38.2 Å². The van der Waals surface area contributed by atoms with Gasteiger partial charge in [-0.15, -0.1) is 0 Å². The zero-order valence-electron chi connectivity index (χ0n) is 16.8. The van der Waals surface area contributed by atoms with Crippen LogP contribution in [0, 0.1) is 0 Å². The Hall–Kier alpha value is -3.36. The summed E-state index contributed by atoms with van der Waals surface area (Å²) < 4.78 is 27.1. The smallest absolute Gasteiger partial charge is 0.264 e. The Morgan fingerprint density at radius 1 is 0.871 bits per heavy atom. The third-order valence-electron chi connectivity index (χ3n) is 4.41. The van der Waals surface area contributed by atoms with Crippen LogP contribution in [0.2, 0.25) is 5.02 Å². The van der Waals surface area contributed by atoms with E-state index < -0.39 is 15.9 Å². The molecular formula is C22H20ClN3O4S. The molecule has 0 fully saturated rings. The first-order valence-electron chi connectivity index (χ1n) is 9.20. The Morgan fingerprint density at radius 3 is 2.03 bits per heavy atom. The van der Waals surface area contributed by atoms with Crippen LogP contribution in [0.4, 0.5) is 17.1 Å². The van der Waals surface area contributed by atoms with E-state index in [1.807, 2.05) is 0 Å². The Balaban J connectivity index is 1.79. The number of hydrogen-bond acceptors (Lipinski definition) is 4. The molecule has 0 spiro atoms. The molecular weight excluding hydrogens is 438 g/mol. The molecule has 160 valence electrons. The maximum absolute atomic E-state index is 13.0. The predicted molar refractivity (Wildman–Crippen MR) is 122 cm³/mol. The van der Waals surface area contributed by atoms with Gasteiger partial charge in [0.15, 0.2) is 0 Å². The first-order chi connectivity index (χ1) is 14.7. The highest BCUT2D eigenvalue weighted by molar-refractivity contribution is 7.92. The van der Waals surface area contributed by atoms with Crippen molar-refractivity contribution in [2.75, 3.05) is 22.0 Å². The molecule has 0 radical (unpaired) electrons. The van der Waals surface area contributed by atoms with E-state index in [-0.39, 0.29) is 16.4 Å². The Morgan fingerprint density at radius 2 is 1.45 bits per heavy atom. The topological polar surface area (TPSA) is 95.6 Å².